The number of carbonyl (C=O) groups excluding carboxylic acids is 2. The topological polar surface area (TPSA) is 55.4 Å². The molecule has 0 saturated carbocycles. The number of carbonyl (C=O) groups is 2. The summed E-state index contributed by atoms with van der Waals surface area (Å²) >= 11 is 0. The van der Waals surface area contributed by atoms with Crippen LogP contribution in [0.1, 0.15) is 19.4 Å². The average molecular weight is 233 g/mol. The normalized spacial score (nSPS) is 11.5. The fraction of sp³-hybridized carbons (Fsp3) is 0.231. The maximum Gasteiger partial charge on any atom is 0.354 e. The molecule has 1 rings (SSSR count). The van der Waals surface area contributed by atoms with Crippen LogP contribution in [0, 0.1) is 0 Å². The Kier molecular flexibility index (Phi) is 4.46. The van der Waals surface area contributed by atoms with Gasteiger partial charge in [0.25, 0.3) is 0 Å². The van der Waals surface area contributed by atoms with Gasteiger partial charge in [-0.05, 0) is 18.1 Å². The Morgan fingerprint density at radius 2 is 1.71 bits per heavy atom. The highest BCUT2D eigenvalue weighted by molar-refractivity contribution is 6.00. The highest BCUT2D eigenvalue weighted by atomic mass is 16.5. The third-order valence-electron chi connectivity index (χ3n) is 2.27. The van der Waals surface area contributed by atoms with Gasteiger partial charge in [0.15, 0.2) is 0 Å². The first-order valence-corrected chi connectivity index (χ1v) is 5.18. The largest absolute Gasteiger partial charge is 0.464 e. The molecule has 4 nitrogen and oxygen atoms in total. The Bertz CT molecular complexity index is 449. The lowest BCUT2D eigenvalue weighted by molar-refractivity contribution is -0.137. The fourth-order valence-electron chi connectivity index (χ4n) is 1.41. The minimum atomic E-state index is -0.554. The maximum absolute atomic E-state index is 11.6. The third-order valence-corrected chi connectivity index (χ3v) is 2.27. The first-order valence-electron chi connectivity index (χ1n) is 5.18. The van der Waals surface area contributed by atoms with Crippen molar-refractivity contribution in [1.29, 1.82) is 0 Å². The number of allylic oxidation sites excluding steroid dienone is 1. The smallest absolute Gasteiger partial charge is 0.354 e. The van der Waals surface area contributed by atoms with Crippen LogP contribution in [0.4, 0.5) is 0 Å². The van der Waals surface area contributed by atoms with Crippen molar-refractivity contribution in [3.05, 3.63) is 41.6 Å². The lowest BCUT2D eigenvalue weighted by Gasteiger charge is -2.10. The molecule has 4 heteroatoms. The van der Waals surface area contributed by atoms with Crippen LogP contribution >= 0.6 is 0 Å². The maximum atomic E-state index is 11.6. The summed E-state index contributed by atoms with van der Waals surface area (Å²) in [5.41, 5.74) is 1.71. The van der Waals surface area contributed by atoms with Crippen molar-refractivity contribution < 1.29 is 14.3 Å². The van der Waals surface area contributed by atoms with Crippen LogP contribution in [0.2, 0.25) is 0 Å². The molecule has 0 aromatic heterocycles. The minimum absolute atomic E-state index is 0.172. The first kappa shape index (κ1) is 13.0. The van der Waals surface area contributed by atoms with Crippen molar-refractivity contribution in [2.45, 2.75) is 13.8 Å². The molecule has 90 valence electrons. The van der Waals surface area contributed by atoms with Crippen molar-refractivity contribution in [3.63, 3.8) is 0 Å². The Morgan fingerprint density at radius 3 is 2.18 bits per heavy atom. The summed E-state index contributed by atoms with van der Waals surface area (Å²) in [6.45, 7) is 3.11. The zero-order chi connectivity index (χ0) is 12.8. The molecule has 0 atom stereocenters. The highest BCUT2D eigenvalue weighted by Gasteiger charge is 2.15. The van der Waals surface area contributed by atoms with Gasteiger partial charge in [-0.2, -0.15) is 0 Å². The van der Waals surface area contributed by atoms with E-state index in [1.807, 2.05) is 30.3 Å². The zero-order valence-corrected chi connectivity index (χ0v) is 10.1. The van der Waals surface area contributed by atoms with E-state index in [4.69, 9.17) is 0 Å². The number of esters is 1. The van der Waals surface area contributed by atoms with Crippen LogP contribution in [-0.4, -0.2) is 19.0 Å². The second kappa shape index (κ2) is 5.84. The van der Waals surface area contributed by atoms with Gasteiger partial charge in [-0.15, -0.1) is 0 Å². The van der Waals surface area contributed by atoms with Gasteiger partial charge >= 0.3 is 5.97 Å². The van der Waals surface area contributed by atoms with Gasteiger partial charge < -0.3 is 10.1 Å². The highest BCUT2D eigenvalue weighted by Crippen LogP contribution is 2.17. The molecule has 1 amide bonds. The molecule has 0 aliphatic heterocycles. The molecule has 1 aromatic carbocycles. The summed E-state index contributed by atoms with van der Waals surface area (Å²) in [6, 6.07) is 9.33. The van der Waals surface area contributed by atoms with Crippen LogP contribution in [0.3, 0.4) is 0 Å². The Labute approximate surface area is 100 Å². The summed E-state index contributed by atoms with van der Waals surface area (Å²) in [5.74, 6) is -0.859. The van der Waals surface area contributed by atoms with Crippen LogP contribution in [-0.2, 0) is 14.3 Å². The zero-order valence-electron chi connectivity index (χ0n) is 10.1. The lowest BCUT2D eigenvalue weighted by atomic mass is 10.1. The van der Waals surface area contributed by atoms with Gasteiger partial charge in [0.2, 0.25) is 5.91 Å². The summed E-state index contributed by atoms with van der Waals surface area (Å²) in [5, 5.41) is 2.49. The Hall–Kier alpha value is -2.10. The minimum Gasteiger partial charge on any atom is -0.464 e. The molecule has 0 bridgehead atoms. The second-order valence-corrected chi connectivity index (χ2v) is 3.54. The van der Waals surface area contributed by atoms with E-state index in [1.54, 1.807) is 6.92 Å². The number of methoxy groups -OCH3 is 1. The van der Waals surface area contributed by atoms with Crippen LogP contribution in [0.5, 0.6) is 0 Å². The van der Waals surface area contributed by atoms with Crippen LogP contribution in [0.15, 0.2) is 36.0 Å². The van der Waals surface area contributed by atoms with Gasteiger partial charge in [0.1, 0.15) is 5.70 Å². The quantitative estimate of drug-likeness (QED) is 0.639. The SMILES string of the molecule is COC(=O)/C(NC(C)=O)=C(\C)c1ccccc1. The molecule has 0 radical (unpaired) electrons. The van der Waals surface area contributed by atoms with Crippen molar-refractivity contribution in [1.82, 2.24) is 5.32 Å². The van der Waals surface area contributed by atoms with Crippen molar-refractivity contribution >= 4 is 17.4 Å². The van der Waals surface area contributed by atoms with Gasteiger partial charge in [-0.25, -0.2) is 4.79 Å². The van der Waals surface area contributed by atoms with Gasteiger partial charge in [-0.3, -0.25) is 4.79 Å². The van der Waals surface area contributed by atoms with E-state index in [-0.39, 0.29) is 11.6 Å². The van der Waals surface area contributed by atoms with E-state index in [2.05, 4.69) is 10.1 Å². The molecular formula is C13H15NO3. The Morgan fingerprint density at radius 1 is 1.12 bits per heavy atom. The van der Waals surface area contributed by atoms with Crippen LogP contribution < -0.4 is 5.32 Å². The van der Waals surface area contributed by atoms with Crippen molar-refractivity contribution in [3.8, 4) is 0 Å². The van der Waals surface area contributed by atoms with Gasteiger partial charge in [0, 0.05) is 6.92 Å². The molecule has 0 saturated heterocycles. The van der Waals surface area contributed by atoms with E-state index in [9.17, 15) is 9.59 Å². The average Bonchev–Trinajstić information content (AvgIpc) is 2.35. The van der Waals surface area contributed by atoms with E-state index in [0.29, 0.717) is 5.57 Å². The number of ether oxygens (including phenoxy) is 1. The van der Waals surface area contributed by atoms with Crippen molar-refractivity contribution in [2.75, 3.05) is 7.11 Å². The monoisotopic (exact) mass is 233 g/mol. The van der Waals surface area contributed by atoms with Crippen molar-refractivity contribution in [2.24, 2.45) is 0 Å². The number of amides is 1. The molecule has 17 heavy (non-hydrogen) atoms. The Balaban J connectivity index is 3.18. The molecule has 0 aliphatic rings. The van der Waals surface area contributed by atoms with Gasteiger partial charge in [0.05, 0.1) is 7.11 Å². The first-order chi connectivity index (χ1) is 8.06. The molecule has 1 aromatic rings. The number of hydrogen-bond acceptors (Lipinski definition) is 3. The number of nitrogens with one attached hydrogen (secondary N) is 1. The standard InChI is InChI=1S/C13H15NO3/c1-9(11-7-5-4-6-8-11)12(13(16)17-3)14-10(2)15/h4-8H,1-3H3,(H,14,15)/b12-9-. The third kappa shape index (κ3) is 3.45. The fourth-order valence-corrected chi connectivity index (χ4v) is 1.41. The second-order valence-electron chi connectivity index (χ2n) is 3.54. The summed E-state index contributed by atoms with van der Waals surface area (Å²) in [4.78, 5) is 22.6. The summed E-state index contributed by atoms with van der Waals surface area (Å²) in [7, 11) is 1.28. The number of benzene rings is 1. The van der Waals surface area contributed by atoms with Gasteiger partial charge in [-0.1, -0.05) is 30.3 Å². The molecular weight excluding hydrogens is 218 g/mol. The predicted molar refractivity (Wildman–Crippen MR) is 64.9 cm³/mol. The van der Waals surface area contributed by atoms with E-state index < -0.39 is 5.97 Å². The van der Waals surface area contributed by atoms with E-state index >= 15 is 0 Å². The molecule has 1 N–H and O–H groups in total. The molecule has 0 unspecified atom stereocenters. The number of hydrogen-bond donors (Lipinski definition) is 1. The summed E-state index contributed by atoms with van der Waals surface area (Å²) < 4.78 is 4.64. The molecule has 0 spiro atoms. The molecule has 0 heterocycles. The molecule has 0 aliphatic carbocycles. The van der Waals surface area contributed by atoms with Crippen LogP contribution in [0.25, 0.3) is 5.57 Å². The van der Waals surface area contributed by atoms with E-state index in [0.717, 1.165) is 5.56 Å². The predicted octanol–water partition coefficient (Wildman–Crippen LogP) is 1.73. The summed E-state index contributed by atoms with van der Waals surface area (Å²) in [6.07, 6.45) is 0. The molecule has 0 fully saturated rings. The van der Waals surface area contributed by atoms with E-state index in [1.165, 1.54) is 14.0 Å². The lowest BCUT2D eigenvalue weighted by Crippen LogP contribution is -2.26. The number of rotatable bonds is 3.